The maximum absolute atomic E-state index is 14.1. The molecular weight excluding hydrogens is 574 g/mol. The van der Waals surface area contributed by atoms with Gasteiger partial charge in [-0.05, 0) is 42.0 Å². The molecule has 1 aliphatic heterocycles. The molecule has 1 amide bonds. The highest BCUT2D eigenvalue weighted by atomic mass is 35.5. The van der Waals surface area contributed by atoms with Crippen LogP contribution in [0.25, 0.3) is 11.1 Å². The smallest absolute Gasteiger partial charge is 0.416 e. The van der Waals surface area contributed by atoms with Crippen molar-refractivity contribution in [1.82, 2.24) is 5.32 Å². The van der Waals surface area contributed by atoms with Crippen molar-refractivity contribution in [3.8, 4) is 16.9 Å². The van der Waals surface area contributed by atoms with Crippen LogP contribution in [0.4, 0.5) is 32.0 Å². The van der Waals surface area contributed by atoms with Crippen LogP contribution in [0, 0.1) is 5.82 Å². The van der Waals surface area contributed by atoms with Crippen LogP contribution in [0.3, 0.4) is 0 Å². The summed E-state index contributed by atoms with van der Waals surface area (Å²) in [6, 6.07) is 11.1. The van der Waals surface area contributed by atoms with E-state index in [0.29, 0.717) is 19.1 Å². The molecule has 0 aliphatic carbocycles. The number of hydrogen-bond acceptors (Lipinski definition) is 4. The predicted molar refractivity (Wildman–Crippen MR) is 131 cm³/mol. The number of carbonyl (C=O) groups is 1. The van der Waals surface area contributed by atoms with Crippen molar-refractivity contribution in [2.75, 3.05) is 17.4 Å². The molecule has 0 fully saturated rings. The molecule has 1 aliphatic rings. The van der Waals surface area contributed by atoms with E-state index < -0.39 is 63.5 Å². The number of hydrogen-bond donors (Lipinski definition) is 1. The molecule has 0 spiro atoms. The molecule has 3 aromatic rings. The number of benzene rings is 3. The molecule has 0 aromatic heterocycles. The van der Waals surface area contributed by atoms with Gasteiger partial charge in [-0.3, -0.25) is 9.10 Å². The molecule has 3 aromatic carbocycles. The van der Waals surface area contributed by atoms with Crippen LogP contribution in [-0.4, -0.2) is 39.4 Å². The quantitative estimate of drug-likeness (QED) is 0.362. The Hall–Kier alpha value is -3.45. The summed E-state index contributed by atoms with van der Waals surface area (Å²) in [5, 5.41) is 1.72. The van der Waals surface area contributed by atoms with E-state index in [4.69, 9.17) is 16.3 Å². The van der Waals surface area contributed by atoms with Crippen LogP contribution in [0.2, 0.25) is 5.02 Å². The third kappa shape index (κ3) is 5.93. The molecule has 4 rings (SSSR count). The number of nitrogens with zero attached hydrogens (tertiary/aromatic N) is 1. The maximum Gasteiger partial charge on any atom is 0.416 e. The monoisotopic (exact) mass is 592 g/mol. The Kier molecular flexibility index (Phi) is 7.52. The average Bonchev–Trinajstić information content (AvgIpc) is 2.87. The molecule has 39 heavy (non-hydrogen) atoms. The zero-order valence-corrected chi connectivity index (χ0v) is 21.5. The number of alkyl halides is 5. The summed E-state index contributed by atoms with van der Waals surface area (Å²) in [6.45, 7) is -0.710. The number of sulfonamides is 1. The van der Waals surface area contributed by atoms with E-state index in [9.17, 15) is 39.6 Å². The first-order chi connectivity index (χ1) is 18.1. The number of fused-ring (bicyclic) bond motifs is 1. The lowest BCUT2D eigenvalue weighted by Gasteiger charge is -2.36. The van der Waals surface area contributed by atoms with E-state index in [2.05, 4.69) is 0 Å². The Balaban J connectivity index is 1.80. The fourth-order valence-electron chi connectivity index (χ4n) is 3.86. The first-order valence-electron chi connectivity index (χ1n) is 11.2. The van der Waals surface area contributed by atoms with Crippen LogP contribution in [0.1, 0.15) is 12.5 Å². The molecule has 14 heteroatoms. The number of anilines is 1. The standard InChI is InChI=1S/C25H19ClF6N2O4S/c1-24(28,29)23(35)33-12-16-13-34(39(36,37)17-5-2-4-15(11-17)25(30,31)32)20-10-14(8-9-21(20)38-16)18-6-3-7-19(27)22(18)26/h2-11,16H,12-13H2,1H3,(H,33,35)/t16-/m0/s1. The first kappa shape index (κ1) is 28.6. The summed E-state index contributed by atoms with van der Waals surface area (Å²) in [4.78, 5) is 11.0. The summed E-state index contributed by atoms with van der Waals surface area (Å²) < 4.78 is 114. The fraction of sp³-hybridized carbons (Fsp3) is 0.240. The Morgan fingerprint density at radius 2 is 1.77 bits per heavy atom. The van der Waals surface area contributed by atoms with Crippen molar-refractivity contribution in [3.63, 3.8) is 0 Å². The SMILES string of the molecule is CC(F)(F)C(=O)NC[C@H]1CN(S(=O)(=O)c2cccc(C(F)(F)F)c2)c2cc(-c3cccc(F)c3Cl)ccc2O1. The maximum atomic E-state index is 14.1. The van der Waals surface area contributed by atoms with Gasteiger partial charge in [0.1, 0.15) is 17.7 Å². The average molecular weight is 593 g/mol. The number of ether oxygens (including phenoxy) is 1. The third-order valence-corrected chi connectivity index (χ3v) is 7.95. The van der Waals surface area contributed by atoms with Gasteiger partial charge in [0.25, 0.3) is 15.9 Å². The van der Waals surface area contributed by atoms with E-state index in [1.54, 1.807) is 0 Å². The molecule has 208 valence electrons. The molecule has 1 heterocycles. The molecule has 6 nitrogen and oxygen atoms in total. The molecule has 0 unspecified atom stereocenters. The van der Waals surface area contributed by atoms with Crippen molar-refractivity contribution in [3.05, 3.63) is 77.1 Å². The largest absolute Gasteiger partial charge is 0.484 e. The van der Waals surface area contributed by atoms with E-state index in [-0.39, 0.29) is 27.6 Å². The lowest BCUT2D eigenvalue weighted by Crippen LogP contribution is -2.50. The topological polar surface area (TPSA) is 75.7 Å². The van der Waals surface area contributed by atoms with Crippen LogP contribution in [-0.2, 0) is 21.0 Å². The summed E-state index contributed by atoms with van der Waals surface area (Å²) in [6.07, 6.45) is -6.01. The Morgan fingerprint density at radius 3 is 2.44 bits per heavy atom. The third-order valence-electron chi connectivity index (χ3n) is 5.79. The fourth-order valence-corrected chi connectivity index (χ4v) is 5.64. The minimum absolute atomic E-state index is 0.0735. The second kappa shape index (κ2) is 10.3. The Labute approximate surface area is 224 Å². The van der Waals surface area contributed by atoms with Crippen molar-refractivity contribution in [2.45, 2.75) is 30.0 Å². The van der Waals surface area contributed by atoms with Crippen LogP contribution in [0.5, 0.6) is 5.75 Å². The van der Waals surface area contributed by atoms with E-state index in [0.717, 1.165) is 22.5 Å². The Bertz CT molecular complexity index is 1530. The summed E-state index contributed by atoms with van der Waals surface area (Å²) >= 11 is 6.08. The summed E-state index contributed by atoms with van der Waals surface area (Å²) in [7, 11) is -4.69. The molecule has 0 saturated heterocycles. The van der Waals surface area contributed by atoms with Crippen molar-refractivity contribution < 1.29 is 44.3 Å². The number of nitrogens with one attached hydrogen (secondary N) is 1. The summed E-state index contributed by atoms with van der Waals surface area (Å²) in [5.74, 6) is -6.15. The molecule has 0 saturated carbocycles. The van der Waals surface area contributed by atoms with Gasteiger partial charge < -0.3 is 10.1 Å². The van der Waals surface area contributed by atoms with Gasteiger partial charge in [-0.25, -0.2) is 12.8 Å². The summed E-state index contributed by atoms with van der Waals surface area (Å²) in [5.41, 5.74) is -0.848. The number of amides is 1. The normalized spacial score (nSPS) is 15.9. The van der Waals surface area contributed by atoms with Gasteiger partial charge >= 0.3 is 12.1 Å². The molecule has 0 radical (unpaired) electrons. The number of rotatable bonds is 6. The van der Waals surface area contributed by atoms with Crippen molar-refractivity contribution >= 4 is 33.2 Å². The minimum atomic E-state index is -4.83. The van der Waals surface area contributed by atoms with Crippen molar-refractivity contribution in [2.24, 2.45) is 0 Å². The van der Waals surface area contributed by atoms with Crippen LogP contribution in [0.15, 0.2) is 65.6 Å². The second-order valence-corrected chi connectivity index (χ2v) is 10.9. The minimum Gasteiger partial charge on any atom is -0.484 e. The molecule has 1 N–H and O–H groups in total. The van der Waals surface area contributed by atoms with Crippen LogP contribution >= 0.6 is 11.6 Å². The lowest BCUT2D eigenvalue weighted by atomic mass is 10.0. The number of halogens is 7. The molecule has 0 bridgehead atoms. The van der Waals surface area contributed by atoms with Gasteiger partial charge in [-0.2, -0.15) is 22.0 Å². The highest BCUT2D eigenvalue weighted by Gasteiger charge is 2.38. The highest BCUT2D eigenvalue weighted by molar-refractivity contribution is 7.92. The van der Waals surface area contributed by atoms with Gasteiger partial charge in [0, 0.05) is 12.5 Å². The number of carbonyl (C=O) groups excluding carboxylic acids is 1. The zero-order chi connectivity index (χ0) is 28.8. The molecule has 1 atom stereocenters. The highest BCUT2D eigenvalue weighted by Crippen LogP contribution is 2.42. The van der Waals surface area contributed by atoms with Crippen molar-refractivity contribution in [1.29, 1.82) is 0 Å². The van der Waals surface area contributed by atoms with Gasteiger partial charge in [0.2, 0.25) is 0 Å². The van der Waals surface area contributed by atoms with Gasteiger partial charge in [-0.1, -0.05) is 35.9 Å². The van der Waals surface area contributed by atoms with E-state index in [1.165, 1.54) is 30.3 Å². The second-order valence-electron chi connectivity index (χ2n) is 8.68. The first-order valence-corrected chi connectivity index (χ1v) is 13.0. The Morgan fingerprint density at radius 1 is 1.08 bits per heavy atom. The van der Waals surface area contributed by atoms with Crippen LogP contribution < -0.4 is 14.4 Å². The van der Waals surface area contributed by atoms with Gasteiger partial charge in [0.05, 0.1) is 34.3 Å². The van der Waals surface area contributed by atoms with Gasteiger partial charge in [-0.15, -0.1) is 0 Å². The lowest BCUT2D eigenvalue weighted by molar-refractivity contribution is -0.143. The molecular formula is C25H19ClF6N2O4S. The van der Waals surface area contributed by atoms with Gasteiger partial charge in [0.15, 0.2) is 0 Å². The van der Waals surface area contributed by atoms with E-state index >= 15 is 0 Å². The predicted octanol–water partition coefficient (Wildman–Crippen LogP) is 5.89. The zero-order valence-electron chi connectivity index (χ0n) is 19.9. The van der Waals surface area contributed by atoms with E-state index in [1.807, 2.05) is 5.32 Å².